The Hall–Kier alpha value is 0.570. The molecule has 0 aromatic carbocycles. The molecule has 0 aliphatic heterocycles. The predicted octanol–water partition coefficient (Wildman–Crippen LogP) is -1.70. The van der Waals surface area contributed by atoms with Crippen molar-refractivity contribution in [2.75, 3.05) is 0 Å². The van der Waals surface area contributed by atoms with Crippen molar-refractivity contribution in [3.63, 3.8) is 0 Å². The molecule has 0 radical (unpaired) electrons. The number of hydrogen-bond acceptors (Lipinski definition) is 1. The highest BCUT2D eigenvalue weighted by Crippen LogP contribution is 1.71. The Balaban J connectivity index is -0.000000163. The first kappa shape index (κ1) is 16.9. The molecule has 3 N–H and O–H groups in total. The van der Waals surface area contributed by atoms with Crippen LogP contribution in [0.5, 0.6) is 0 Å². The standard InChI is InChI=1S/C6H8N.2HI.H3N/c1-7-5-3-2-4-6-7;;;/h2-6H,1H3;2*1H;1H3/q+1;;;/p-1. The summed E-state index contributed by atoms with van der Waals surface area (Å²) in [4.78, 5) is 0. The van der Waals surface area contributed by atoms with Gasteiger partial charge in [-0.05, 0) is 0 Å². The summed E-state index contributed by atoms with van der Waals surface area (Å²) in [6, 6.07) is 6.00. The van der Waals surface area contributed by atoms with Crippen LogP contribution in [0.4, 0.5) is 0 Å². The lowest BCUT2D eigenvalue weighted by molar-refractivity contribution is -0.671. The maximum absolute atomic E-state index is 2.00. The topological polar surface area (TPSA) is 38.9 Å². The Bertz CT molecular complexity index is 144. The minimum atomic E-state index is 0. The summed E-state index contributed by atoms with van der Waals surface area (Å²) in [6.07, 6.45) is 4.00. The fraction of sp³-hybridized carbons (Fsp3) is 0.167. The number of rotatable bonds is 0. The molecule has 0 spiro atoms. The van der Waals surface area contributed by atoms with Crippen LogP contribution in [0, 0.1) is 0 Å². The van der Waals surface area contributed by atoms with Crippen LogP contribution in [0.2, 0.25) is 0 Å². The predicted molar refractivity (Wildman–Crippen MR) is 48.1 cm³/mol. The second kappa shape index (κ2) is 9.57. The molecule has 4 heteroatoms. The van der Waals surface area contributed by atoms with Gasteiger partial charge in [0.1, 0.15) is 7.05 Å². The average molecular weight is 366 g/mol. The van der Waals surface area contributed by atoms with E-state index in [-0.39, 0.29) is 54.1 Å². The maximum Gasteiger partial charge on any atom is 0.168 e. The summed E-state index contributed by atoms with van der Waals surface area (Å²) in [6.45, 7) is 0. The molecule has 0 bridgehead atoms. The van der Waals surface area contributed by atoms with E-state index in [2.05, 4.69) is 0 Å². The van der Waals surface area contributed by atoms with Gasteiger partial charge in [-0.2, -0.15) is 0 Å². The zero-order valence-corrected chi connectivity index (χ0v) is 10.3. The molecular weight excluding hydrogens is 354 g/mol. The molecule has 0 saturated carbocycles. The molecule has 1 heterocycles. The van der Waals surface area contributed by atoms with E-state index in [1.807, 2.05) is 42.2 Å². The Morgan fingerprint density at radius 2 is 1.40 bits per heavy atom. The van der Waals surface area contributed by atoms with Crippen LogP contribution in [0.25, 0.3) is 0 Å². The van der Waals surface area contributed by atoms with Crippen LogP contribution in [0.3, 0.4) is 0 Å². The summed E-state index contributed by atoms with van der Waals surface area (Å²) in [7, 11) is 2.00. The molecule has 0 aliphatic carbocycles. The largest absolute Gasteiger partial charge is 1.00 e. The number of nitrogens with zero attached hydrogens (tertiary/aromatic N) is 1. The van der Waals surface area contributed by atoms with Crippen molar-refractivity contribution in [2.45, 2.75) is 0 Å². The van der Waals surface area contributed by atoms with Crippen LogP contribution in [0.1, 0.15) is 0 Å². The van der Waals surface area contributed by atoms with E-state index in [9.17, 15) is 0 Å². The van der Waals surface area contributed by atoms with Crippen LogP contribution in [0.15, 0.2) is 30.6 Å². The van der Waals surface area contributed by atoms with Crippen LogP contribution in [-0.2, 0) is 7.05 Å². The summed E-state index contributed by atoms with van der Waals surface area (Å²) in [5.41, 5.74) is 0. The molecule has 0 saturated heterocycles. The molecule has 1 rings (SSSR count). The molecule has 0 amide bonds. The number of pyridine rings is 1. The number of aryl methyl sites for hydroxylation is 1. The smallest absolute Gasteiger partial charge is 0.168 e. The monoisotopic (exact) mass is 366 g/mol. The highest BCUT2D eigenvalue weighted by Gasteiger charge is 1.78. The van der Waals surface area contributed by atoms with Crippen LogP contribution >= 0.6 is 24.0 Å². The van der Waals surface area contributed by atoms with Gasteiger partial charge in [-0.1, -0.05) is 6.07 Å². The maximum atomic E-state index is 2.00. The van der Waals surface area contributed by atoms with E-state index in [4.69, 9.17) is 0 Å². The van der Waals surface area contributed by atoms with Crippen LogP contribution < -0.4 is 34.7 Å². The molecule has 1 aromatic rings. The molecule has 0 atom stereocenters. The molecule has 0 unspecified atom stereocenters. The summed E-state index contributed by atoms with van der Waals surface area (Å²) in [5.74, 6) is 0. The van der Waals surface area contributed by atoms with Crippen molar-refractivity contribution < 1.29 is 28.5 Å². The Morgan fingerprint density at radius 3 is 1.60 bits per heavy atom. The van der Waals surface area contributed by atoms with Gasteiger partial charge in [0.15, 0.2) is 12.4 Å². The van der Waals surface area contributed by atoms with Gasteiger partial charge >= 0.3 is 0 Å². The first-order valence-corrected chi connectivity index (χ1v) is 2.30. The minimum Gasteiger partial charge on any atom is -1.00 e. The lowest BCUT2D eigenvalue weighted by Crippen LogP contribution is -3.00. The minimum absolute atomic E-state index is 0. The van der Waals surface area contributed by atoms with Gasteiger partial charge in [0.2, 0.25) is 0 Å². The third-order valence-corrected chi connectivity index (χ3v) is 0.865. The Morgan fingerprint density at radius 1 is 1.00 bits per heavy atom. The lowest BCUT2D eigenvalue weighted by atomic mass is 10.5. The van der Waals surface area contributed by atoms with Gasteiger partial charge in [-0.15, -0.1) is 24.0 Å². The number of hydrogen-bond donors (Lipinski definition) is 1. The van der Waals surface area contributed by atoms with Crippen molar-refractivity contribution in [2.24, 2.45) is 7.05 Å². The van der Waals surface area contributed by atoms with Crippen molar-refractivity contribution in [3.05, 3.63) is 30.6 Å². The highest BCUT2D eigenvalue weighted by molar-refractivity contribution is 14.0. The molecule has 1 aromatic heterocycles. The first-order valence-electron chi connectivity index (χ1n) is 2.30. The number of aromatic nitrogens is 1. The van der Waals surface area contributed by atoms with Gasteiger partial charge in [-0.3, -0.25) is 0 Å². The molecule has 10 heavy (non-hydrogen) atoms. The van der Waals surface area contributed by atoms with E-state index in [1.165, 1.54) is 0 Å². The van der Waals surface area contributed by atoms with Crippen molar-refractivity contribution in [3.8, 4) is 0 Å². The van der Waals surface area contributed by atoms with Gasteiger partial charge in [-0.25, -0.2) is 4.57 Å². The summed E-state index contributed by atoms with van der Waals surface area (Å²) in [5, 5.41) is 0. The zero-order valence-electron chi connectivity index (χ0n) is 5.83. The van der Waals surface area contributed by atoms with E-state index < -0.39 is 0 Å². The average Bonchev–Trinajstić information content (AvgIpc) is 1.69. The second-order valence-corrected chi connectivity index (χ2v) is 1.54. The molecule has 0 fully saturated rings. The molecule has 0 aliphatic rings. The summed E-state index contributed by atoms with van der Waals surface area (Å²) >= 11 is 0. The Kier molecular flexibility index (Phi) is 16.2. The molecule has 2 nitrogen and oxygen atoms in total. The van der Waals surface area contributed by atoms with Crippen LogP contribution in [-0.4, -0.2) is 0 Å². The second-order valence-electron chi connectivity index (χ2n) is 1.54. The van der Waals surface area contributed by atoms with E-state index >= 15 is 0 Å². The normalized spacial score (nSPS) is 6.10. The molecular formula is C6H12I2N2. The fourth-order valence-electron chi connectivity index (χ4n) is 0.485. The third-order valence-electron chi connectivity index (χ3n) is 0.865. The lowest BCUT2D eigenvalue weighted by Gasteiger charge is -1.77. The van der Waals surface area contributed by atoms with Gasteiger partial charge < -0.3 is 30.1 Å². The highest BCUT2D eigenvalue weighted by atomic mass is 127. The van der Waals surface area contributed by atoms with Crippen molar-refractivity contribution >= 4 is 24.0 Å². The first-order chi connectivity index (χ1) is 3.39. The van der Waals surface area contributed by atoms with Crippen molar-refractivity contribution in [1.29, 1.82) is 0 Å². The van der Waals surface area contributed by atoms with Gasteiger partial charge in [0.05, 0.1) is 0 Å². The summed E-state index contributed by atoms with van der Waals surface area (Å²) < 4.78 is 2.00. The fourth-order valence-corrected chi connectivity index (χ4v) is 0.485. The van der Waals surface area contributed by atoms with E-state index in [1.54, 1.807) is 0 Å². The van der Waals surface area contributed by atoms with Crippen molar-refractivity contribution in [1.82, 2.24) is 6.15 Å². The third kappa shape index (κ3) is 6.69. The Labute approximate surface area is 95.6 Å². The zero-order chi connectivity index (χ0) is 5.11. The SMILES string of the molecule is C[n+]1ccccc1.I.N.[I-]. The molecule has 60 valence electrons. The van der Waals surface area contributed by atoms with E-state index in [0.29, 0.717) is 0 Å². The van der Waals surface area contributed by atoms with E-state index in [0.717, 1.165) is 0 Å². The number of halogens is 2. The van der Waals surface area contributed by atoms with Gasteiger partial charge in [0, 0.05) is 12.1 Å². The van der Waals surface area contributed by atoms with Gasteiger partial charge in [0.25, 0.3) is 0 Å². The quantitative estimate of drug-likeness (QED) is 0.432.